The first kappa shape index (κ1) is 15.3. The van der Waals surface area contributed by atoms with Crippen LogP contribution in [0.1, 0.15) is 11.3 Å². The fourth-order valence-corrected chi connectivity index (χ4v) is 2.57. The molecule has 6 heteroatoms. The molecular weight excluding hydrogens is 290 g/mol. The molecule has 1 aromatic carbocycles. The van der Waals surface area contributed by atoms with E-state index in [0.717, 1.165) is 36.7 Å². The third kappa shape index (κ3) is 3.77. The lowest BCUT2D eigenvalue weighted by atomic mass is 10.2. The van der Waals surface area contributed by atoms with Crippen LogP contribution < -0.4 is 10.2 Å². The lowest BCUT2D eigenvalue weighted by molar-refractivity contribution is -0.118. The molecule has 2 aromatic rings. The van der Waals surface area contributed by atoms with E-state index >= 15 is 0 Å². The number of hydrogen-bond donors (Lipinski definition) is 1. The molecule has 3 rings (SSSR count). The third-order valence-corrected chi connectivity index (χ3v) is 3.91. The van der Waals surface area contributed by atoms with E-state index in [1.54, 1.807) is 4.90 Å². The summed E-state index contributed by atoms with van der Waals surface area (Å²) in [6.45, 7) is 6.96. The van der Waals surface area contributed by atoms with Gasteiger partial charge in [-0.15, -0.1) is 0 Å². The number of anilines is 3. The summed E-state index contributed by atoms with van der Waals surface area (Å²) in [5.41, 5.74) is 3.15. The van der Waals surface area contributed by atoms with Crippen LogP contribution in [0.3, 0.4) is 0 Å². The van der Waals surface area contributed by atoms with Gasteiger partial charge in [0.05, 0.1) is 0 Å². The number of aryl methyl sites for hydroxylation is 2. The molecular formula is C17H21N5O. The molecule has 120 valence electrons. The van der Waals surface area contributed by atoms with Crippen LogP contribution in [-0.2, 0) is 4.79 Å². The Bertz CT molecular complexity index is 678. The van der Waals surface area contributed by atoms with Crippen LogP contribution in [0.2, 0.25) is 0 Å². The highest BCUT2D eigenvalue weighted by molar-refractivity contribution is 5.58. The van der Waals surface area contributed by atoms with Crippen molar-refractivity contribution in [3.05, 3.63) is 41.6 Å². The van der Waals surface area contributed by atoms with Crippen molar-refractivity contribution in [2.24, 2.45) is 0 Å². The van der Waals surface area contributed by atoms with Gasteiger partial charge in [-0.3, -0.25) is 4.79 Å². The van der Waals surface area contributed by atoms with Gasteiger partial charge in [0.25, 0.3) is 0 Å². The first-order valence-corrected chi connectivity index (χ1v) is 7.78. The summed E-state index contributed by atoms with van der Waals surface area (Å²) in [6.07, 6.45) is 0.902. The molecule has 1 aliphatic rings. The van der Waals surface area contributed by atoms with Gasteiger partial charge >= 0.3 is 0 Å². The number of nitrogens with zero attached hydrogens (tertiary/aromatic N) is 4. The number of benzene rings is 1. The Morgan fingerprint density at radius 3 is 2.39 bits per heavy atom. The summed E-state index contributed by atoms with van der Waals surface area (Å²) in [4.78, 5) is 23.9. The SMILES string of the molecule is Cc1ccc(Nc2cc(C)nc(N3CCN(C=O)CC3)n2)cc1. The summed E-state index contributed by atoms with van der Waals surface area (Å²) >= 11 is 0. The second-order valence-corrected chi connectivity index (χ2v) is 5.81. The van der Waals surface area contributed by atoms with Crippen LogP contribution in [0.25, 0.3) is 0 Å². The maximum Gasteiger partial charge on any atom is 0.227 e. The molecule has 2 heterocycles. The monoisotopic (exact) mass is 311 g/mol. The van der Waals surface area contributed by atoms with Crippen LogP contribution in [0.15, 0.2) is 30.3 Å². The Hall–Kier alpha value is -2.63. The van der Waals surface area contributed by atoms with Gasteiger partial charge in [-0.05, 0) is 26.0 Å². The Balaban J connectivity index is 1.76. The van der Waals surface area contributed by atoms with E-state index in [0.29, 0.717) is 19.0 Å². The number of rotatable bonds is 4. The van der Waals surface area contributed by atoms with E-state index < -0.39 is 0 Å². The molecule has 1 aliphatic heterocycles. The fraction of sp³-hybridized carbons (Fsp3) is 0.353. The highest BCUT2D eigenvalue weighted by Gasteiger charge is 2.18. The number of aromatic nitrogens is 2. The number of nitrogens with one attached hydrogen (secondary N) is 1. The normalized spacial score (nSPS) is 14.7. The van der Waals surface area contributed by atoms with Crippen molar-refractivity contribution in [2.45, 2.75) is 13.8 Å². The average molecular weight is 311 g/mol. The molecule has 0 bridgehead atoms. The second-order valence-electron chi connectivity index (χ2n) is 5.81. The standard InChI is InChI=1S/C17H21N5O/c1-13-3-5-15(6-4-13)19-16-11-14(2)18-17(20-16)22-9-7-21(12-23)8-10-22/h3-6,11-12H,7-10H2,1-2H3,(H,18,19,20). The van der Waals surface area contributed by atoms with Crippen molar-refractivity contribution >= 4 is 23.9 Å². The summed E-state index contributed by atoms with van der Waals surface area (Å²) in [5, 5.41) is 3.33. The number of piperazine rings is 1. The molecule has 0 aliphatic carbocycles. The minimum absolute atomic E-state index is 0.710. The zero-order valence-corrected chi connectivity index (χ0v) is 13.5. The molecule has 0 spiro atoms. The maximum atomic E-state index is 10.8. The van der Waals surface area contributed by atoms with E-state index in [2.05, 4.69) is 39.2 Å². The van der Waals surface area contributed by atoms with E-state index in [1.807, 2.05) is 25.1 Å². The van der Waals surface area contributed by atoms with Crippen LogP contribution in [0, 0.1) is 13.8 Å². The van der Waals surface area contributed by atoms with Gasteiger partial charge in [0.1, 0.15) is 5.82 Å². The summed E-state index contributed by atoms with van der Waals surface area (Å²) < 4.78 is 0. The maximum absolute atomic E-state index is 10.8. The molecule has 1 aromatic heterocycles. The van der Waals surface area contributed by atoms with Crippen LogP contribution in [-0.4, -0.2) is 47.5 Å². The lowest BCUT2D eigenvalue weighted by Crippen LogP contribution is -2.46. The Kier molecular flexibility index (Phi) is 4.41. The van der Waals surface area contributed by atoms with Gasteiger partial charge in [-0.2, -0.15) is 4.98 Å². The quantitative estimate of drug-likeness (QED) is 0.876. The highest BCUT2D eigenvalue weighted by Crippen LogP contribution is 2.19. The molecule has 1 N–H and O–H groups in total. The summed E-state index contributed by atoms with van der Waals surface area (Å²) in [5.74, 6) is 1.50. The Labute approximate surface area is 136 Å². The molecule has 23 heavy (non-hydrogen) atoms. The minimum Gasteiger partial charge on any atom is -0.342 e. The van der Waals surface area contributed by atoms with E-state index in [-0.39, 0.29) is 0 Å². The van der Waals surface area contributed by atoms with Crippen LogP contribution in [0.4, 0.5) is 17.5 Å². The van der Waals surface area contributed by atoms with E-state index in [1.165, 1.54) is 5.56 Å². The molecule has 1 saturated heterocycles. The summed E-state index contributed by atoms with van der Waals surface area (Å²) in [6, 6.07) is 10.1. The van der Waals surface area contributed by atoms with Crippen molar-refractivity contribution in [1.82, 2.24) is 14.9 Å². The highest BCUT2D eigenvalue weighted by atomic mass is 16.1. The van der Waals surface area contributed by atoms with Crippen LogP contribution >= 0.6 is 0 Å². The number of amides is 1. The van der Waals surface area contributed by atoms with Gasteiger partial charge in [-0.25, -0.2) is 4.98 Å². The fourth-order valence-electron chi connectivity index (χ4n) is 2.57. The smallest absolute Gasteiger partial charge is 0.227 e. The molecule has 1 fully saturated rings. The van der Waals surface area contributed by atoms with Crippen molar-refractivity contribution in [1.29, 1.82) is 0 Å². The van der Waals surface area contributed by atoms with Crippen LogP contribution in [0.5, 0.6) is 0 Å². The topological polar surface area (TPSA) is 61.4 Å². The lowest BCUT2D eigenvalue weighted by Gasteiger charge is -2.32. The van der Waals surface area contributed by atoms with Gasteiger partial charge in [0.2, 0.25) is 12.4 Å². The van der Waals surface area contributed by atoms with Crippen molar-refractivity contribution in [2.75, 3.05) is 36.4 Å². The number of hydrogen-bond acceptors (Lipinski definition) is 5. The van der Waals surface area contributed by atoms with Gasteiger partial charge < -0.3 is 15.1 Å². The first-order chi connectivity index (χ1) is 11.1. The van der Waals surface area contributed by atoms with Gasteiger partial charge in [-0.1, -0.05) is 17.7 Å². The molecule has 0 radical (unpaired) electrons. The zero-order chi connectivity index (χ0) is 16.2. The predicted octanol–water partition coefficient (Wildman–Crippen LogP) is 2.12. The van der Waals surface area contributed by atoms with E-state index in [9.17, 15) is 4.79 Å². The Morgan fingerprint density at radius 2 is 1.74 bits per heavy atom. The zero-order valence-electron chi connectivity index (χ0n) is 13.5. The molecule has 1 amide bonds. The van der Waals surface area contributed by atoms with Crippen molar-refractivity contribution in [3.63, 3.8) is 0 Å². The molecule has 0 unspecified atom stereocenters. The van der Waals surface area contributed by atoms with Crippen molar-refractivity contribution < 1.29 is 4.79 Å². The molecule has 0 atom stereocenters. The number of carbonyl (C=O) groups excluding carboxylic acids is 1. The predicted molar refractivity (Wildman–Crippen MR) is 91.1 cm³/mol. The minimum atomic E-state index is 0.710. The molecule has 0 saturated carbocycles. The molecule has 6 nitrogen and oxygen atoms in total. The Morgan fingerprint density at radius 1 is 1.04 bits per heavy atom. The number of carbonyl (C=O) groups is 1. The summed E-state index contributed by atoms with van der Waals surface area (Å²) in [7, 11) is 0. The average Bonchev–Trinajstić information content (AvgIpc) is 2.56. The van der Waals surface area contributed by atoms with Gasteiger partial charge in [0, 0.05) is 43.6 Å². The second kappa shape index (κ2) is 6.64. The van der Waals surface area contributed by atoms with Gasteiger partial charge in [0.15, 0.2) is 0 Å². The van der Waals surface area contributed by atoms with E-state index in [4.69, 9.17) is 0 Å². The van der Waals surface area contributed by atoms with Crippen molar-refractivity contribution in [3.8, 4) is 0 Å². The first-order valence-electron chi connectivity index (χ1n) is 7.78. The third-order valence-electron chi connectivity index (χ3n) is 3.91. The largest absolute Gasteiger partial charge is 0.342 e.